The van der Waals surface area contributed by atoms with Crippen molar-refractivity contribution in [2.75, 3.05) is 11.9 Å². The molecule has 0 fully saturated rings. The summed E-state index contributed by atoms with van der Waals surface area (Å²) < 4.78 is 13.7. The van der Waals surface area contributed by atoms with Gasteiger partial charge in [0, 0.05) is 29.6 Å². The molecule has 6 heteroatoms. The van der Waals surface area contributed by atoms with Gasteiger partial charge in [0.2, 0.25) is 0 Å². The number of thiazole rings is 1. The molecule has 0 saturated heterocycles. The molecular formula is C13H14FN3S2. The van der Waals surface area contributed by atoms with Crippen molar-refractivity contribution in [1.29, 1.82) is 0 Å². The molecule has 3 nitrogen and oxygen atoms in total. The fourth-order valence-corrected chi connectivity index (χ4v) is 2.54. The van der Waals surface area contributed by atoms with Crippen molar-refractivity contribution < 1.29 is 4.39 Å². The molecule has 2 aromatic rings. The summed E-state index contributed by atoms with van der Waals surface area (Å²) >= 11 is 6.42. The molecule has 0 spiro atoms. The number of rotatable bonds is 5. The summed E-state index contributed by atoms with van der Waals surface area (Å²) in [5.74, 6) is -0.347. The molecule has 1 heterocycles. The lowest BCUT2D eigenvalue weighted by atomic mass is 10.2. The van der Waals surface area contributed by atoms with E-state index in [4.69, 9.17) is 18.0 Å². The summed E-state index contributed by atoms with van der Waals surface area (Å²) in [6.07, 6.45) is 0.773. The van der Waals surface area contributed by atoms with Gasteiger partial charge < -0.3 is 11.1 Å². The first kappa shape index (κ1) is 13.9. The first-order chi connectivity index (χ1) is 9.06. The molecule has 0 aliphatic rings. The van der Waals surface area contributed by atoms with E-state index in [9.17, 15) is 4.39 Å². The highest BCUT2D eigenvalue weighted by molar-refractivity contribution is 7.80. The Morgan fingerprint density at radius 3 is 2.89 bits per heavy atom. The van der Waals surface area contributed by atoms with E-state index < -0.39 is 0 Å². The van der Waals surface area contributed by atoms with E-state index in [0.29, 0.717) is 17.8 Å². The quantitative estimate of drug-likeness (QED) is 0.833. The minimum absolute atomic E-state index is 0.198. The summed E-state index contributed by atoms with van der Waals surface area (Å²) in [6, 6.07) is 4.70. The van der Waals surface area contributed by atoms with E-state index in [2.05, 4.69) is 10.3 Å². The second-order valence-electron chi connectivity index (χ2n) is 4.12. The molecule has 2 rings (SSSR count). The Labute approximate surface area is 120 Å². The maximum atomic E-state index is 13.7. The number of anilines is 1. The molecule has 19 heavy (non-hydrogen) atoms. The fraction of sp³-hybridized carbons (Fsp3) is 0.231. The van der Waals surface area contributed by atoms with Crippen LogP contribution in [0.3, 0.4) is 0 Å². The number of thiocarbonyl (C=S) groups is 1. The first-order valence-corrected chi connectivity index (χ1v) is 7.09. The minimum atomic E-state index is -0.347. The number of aryl methyl sites for hydroxylation is 1. The van der Waals surface area contributed by atoms with Crippen LogP contribution in [0.15, 0.2) is 23.6 Å². The fourth-order valence-electron chi connectivity index (χ4n) is 1.63. The average molecular weight is 295 g/mol. The Bertz CT molecular complexity index is 595. The third kappa shape index (κ3) is 3.71. The summed E-state index contributed by atoms with van der Waals surface area (Å²) in [5.41, 5.74) is 7.46. The molecular weight excluding hydrogens is 281 g/mol. The van der Waals surface area contributed by atoms with Gasteiger partial charge in [0.1, 0.15) is 10.8 Å². The molecule has 1 aromatic carbocycles. The third-order valence-electron chi connectivity index (χ3n) is 2.57. The molecule has 0 radical (unpaired) electrons. The molecule has 100 valence electrons. The van der Waals surface area contributed by atoms with Crippen LogP contribution in [0.1, 0.15) is 16.3 Å². The lowest BCUT2D eigenvalue weighted by molar-refractivity contribution is 0.630. The van der Waals surface area contributed by atoms with Crippen molar-refractivity contribution in [3.63, 3.8) is 0 Å². The van der Waals surface area contributed by atoms with Crippen LogP contribution in [0.25, 0.3) is 0 Å². The zero-order valence-corrected chi connectivity index (χ0v) is 12.1. The Kier molecular flexibility index (Phi) is 4.44. The highest BCUT2D eigenvalue weighted by Gasteiger charge is 2.05. The van der Waals surface area contributed by atoms with Crippen molar-refractivity contribution in [3.8, 4) is 0 Å². The number of nitrogens with zero attached hydrogens (tertiary/aromatic N) is 1. The monoisotopic (exact) mass is 295 g/mol. The molecule has 1 aromatic heterocycles. The summed E-state index contributed by atoms with van der Waals surface area (Å²) in [4.78, 5) is 4.55. The topological polar surface area (TPSA) is 50.9 Å². The minimum Gasteiger partial charge on any atom is -0.389 e. The van der Waals surface area contributed by atoms with E-state index in [1.807, 2.05) is 12.3 Å². The molecule has 0 unspecified atom stereocenters. The second kappa shape index (κ2) is 6.08. The van der Waals surface area contributed by atoms with Crippen molar-refractivity contribution >= 4 is 34.2 Å². The Balaban J connectivity index is 1.94. The van der Waals surface area contributed by atoms with Crippen molar-refractivity contribution in [2.45, 2.75) is 13.3 Å². The average Bonchev–Trinajstić information content (AvgIpc) is 2.77. The second-order valence-corrected chi connectivity index (χ2v) is 5.50. The molecule has 0 aliphatic heterocycles. The molecule has 0 aliphatic carbocycles. The van der Waals surface area contributed by atoms with Crippen molar-refractivity contribution in [1.82, 2.24) is 4.98 Å². The van der Waals surface area contributed by atoms with Crippen LogP contribution in [-0.4, -0.2) is 16.5 Å². The predicted octanol–water partition coefficient (Wildman–Crippen LogP) is 2.88. The number of hydrogen-bond donors (Lipinski definition) is 2. The van der Waals surface area contributed by atoms with Gasteiger partial charge in [-0.3, -0.25) is 0 Å². The van der Waals surface area contributed by atoms with Crippen molar-refractivity contribution in [2.24, 2.45) is 5.73 Å². The van der Waals surface area contributed by atoms with Gasteiger partial charge in [-0.25, -0.2) is 9.37 Å². The summed E-state index contributed by atoms with van der Waals surface area (Å²) in [7, 11) is 0. The highest BCUT2D eigenvalue weighted by Crippen LogP contribution is 2.16. The van der Waals surface area contributed by atoms with Crippen LogP contribution in [0.4, 0.5) is 10.1 Å². The van der Waals surface area contributed by atoms with Crippen LogP contribution in [0.5, 0.6) is 0 Å². The molecule has 0 bridgehead atoms. The summed E-state index contributed by atoms with van der Waals surface area (Å²) in [6.45, 7) is 2.60. The maximum absolute atomic E-state index is 13.7. The van der Waals surface area contributed by atoms with E-state index in [-0.39, 0.29) is 10.8 Å². The van der Waals surface area contributed by atoms with Gasteiger partial charge in [-0.1, -0.05) is 12.2 Å². The number of nitrogens with two attached hydrogens (primary N) is 1. The zero-order valence-electron chi connectivity index (χ0n) is 10.4. The molecule has 0 saturated carbocycles. The lowest BCUT2D eigenvalue weighted by Crippen LogP contribution is -2.11. The number of nitrogens with one attached hydrogen (secondary N) is 1. The largest absolute Gasteiger partial charge is 0.389 e. The Hall–Kier alpha value is -1.53. The molecule has 3 N–H and O–H groups in total. The van der Waals surface area contributed by atoms with E-state index in [1.54, 1.807) is 23.5 Å². The lowest BCUT2D eigenvalue weighted by Gasteiger charge is -2.07. The number of hydrogen-bond acceptors (Lipinski definition) is 4. The van der Waals surface area contributed by atoms with Gasteiger partial charge in [-0.15, -0.1) is 11.3 Å². The van der Waals surface area contributed by atoms with Gasteiger partial charge in [-0.05, 0) is 25.1 Å². The molecule has 0 atom stereocenters. The van der Waals surface area contributed by atoms with Gasteiger partial charge >= 0.3 is 0 Å². The van der Waals surface area contributed by atoms with Crippen LogP contribution in [0.2, 0.25) is 0 Å². The van der Waals surface area contributed by atoms with Crippen LogP contribution in [-0.2, 0) is 6.42 Å². The van der Waals surface area contributed by atoms with E-state index in [0.717, 1.165) is 17.1 Å². The normalized spacial score (nSPS) is 10.4. The smallest absolute Gasteiger partial charge is 0.146 e. The maximum Gasteiger partial charge on any atom is 0.146 e. The summed E-state index contributed by atoms with van der Waals surface area (Å²) in [5, 5.41) is 6.10. The first-order valence-electron chi connectivity index (χ1n) is 5.80. The number of aromatic nitrogens is 1. The standard InChI is InChI=1S/C13H14FN3S2/c1-8-7-19-12(17-8)4-5-16-11-3-2-9(13(15)18)6-10(11)14/h2-3,6-7,16H,4-5H2,1H3,(H2,15,18). The van der Waals surface area contributed by atoms with Crippen LogP contribution < -0.4 is 11.1 Å². The van der Waals surface area contributed by atoms with Gasteiger partial charge in [0.15, 0.2) is 0 Å². The van der Waals surface area contributed by atoms with Gasteiger partial charge in [-0.2, -0.15) is 0 Å². The van der Waals surface area contributed by atoms with Gasteiger partial charge in [0.25, 0.3) is 0 Å². The number of benzene rings is 1. The zero-order chi connectivity index (χ0) is 13.8. The highest BCUT2D eigenvalue weighted by atomic mass is 32.1. The van der Waals surface area contributed by atoms with Gasteiger partial charge in [0.05, 0.1) is 10.7 Å². The Morgan fingerprint density at radius 1 is 1.53 bits per heavy atom. The molecule has 0 amide bonds. The SMILES string of the molecule is Cc1csc(CCNc2ccc(C(N)=S)cc2F)n1. The van der Waals surface area contributed by atoms with Crippen LogP contribution >= 0.6 is 23.6 Å². The third-order valence-corrected chi connectivity index (χ3v) is 3.84. The van der Waals surface area contributed by atoms with E-state index in [1.165, 1.54) is 6.07 Å². The predicted molar refractivity (Wildman–Crippen MR) is 81.3 cm³/mol. The Morgan fingerprint density at radius 2 is 2.32 bits per heavy atom. The van der Waals surface area contributed by atoms with Crippen molar-refractivity contribution in [3.05, 3.63) is 45.7 Å². The van der Waals surface area contributed by atoms with Crippen LogP contribution in [0, 0.1) is 12.7 Å². The van der Waals surface area contributed by atoms with E-state index >= 15 is 0 Å². The number of halogens is 1.